The van der Waals surface area contributed by atoms with Gasteiger partial charge in [0.2, 0.25) is 0 Å². The molecule has 26 heavy (non-hydrogen) atoms. The summed E-state index contributed by atoms with van der Waals surface area (Å²) in [5, 5.41) is 3.22. The topological polar surface area (TPSA) is 41.6 Å². The molecule has 0 spiro atoms. The van der Waals surface area contributed by atoms with Gasteiger partial charge >= 0.3 is 5.97 Å². The molecule has 5 heteroatoms. The van der Waals surface area contributed by atoms with E-state index < -0.39 is 0 Å². The van der Waals surface area contributed by atoms with Crippen LogP contribution in [0.4, 0.5) is 10.1 Å². The summed E-state index contributed by atoms with van der Waals surface area (Å²) in [4.78, 5) is 14.6. The van der Waals surface area contributed by atoms with Crippen LogP contribution in [0.3, 0.4) is 0 Å². The van der Waals surface area contributed by atoms with Gasteiger partial charge in [0.25, 0.3) is 0 Å². The third kappa shape index (κ3) is 4.70. The monoisotopic (exact) mass is 354 g/mol. The predicted molar refractivity (Wildman–Crippen MR) is 100 cm³/mol. The number of carbonyl (C=O) groups excluding carboxylic acids is 1. The van der Waals surface area contributed by atoms with Gasteiger partial charge in [0.1, 0.15) is 5.82 Å². The highest BCUT2D eigenvalue weighted by Gasteiger charge is 2.24. The van der Waals surface area contributed by atoms with Crippen LogP contribution < -0.4 is 5.32 Å². The van der Waals surface area contributed by atoms with E-state index in [-0.39, 0.29) is 11.8 Å². The fraction of sp³-hybridized carbons (Fsp3) is 0.286. The number of esters is 1. The van der Waals surface area contributed by atoms with Crippen LogP contribution in [0.1, 0.15) is 18.9 Å². The summed E-state index contributed by atoms with van der Waals surface area (Å²) < 4.78 is 18.7. The molecule has 0 saturated heterocycles. The number of hydrogen-bond donors (Lipinski definition) is 1. The summed E-state index contributed by atoms with van der Waals surface area (Å²) >= 11 is 0. The molecule has 0 atom stereocenters. The van der Waals surface area contributed by atoms with E-state index in [9.17, 15) is 9.18 Å². The van der Waals surface area contributed by atoms with Crippen molar-refractivity contribution in [2.24, 2.45) is 0 Å². The minimum atomic E-state index is -0.315. The Morgan fingerprint density at radius 3 is 2.73 bits per heavy atom. The maximum absolute atomic E-state index is 13.5. The molecule has 0 bridgehead atoms. The Kier molecular flexibility index (Phi) is 6.02. The second-order valence-electron chi connectivity index (χ2n) is 6.26. The Labute approximate surface area is 153 Å². The van der Waals surface area contributed by atoms with Gasteiger partial charge in [-0.3, -0.25) is 4.90 Å². The van der Waals surface area contributed by atoms with Crippen LogP contribution in [-0.2, 0) is 16.1 Å². The molecule has 0 amide bonds. The Bertz CT molecular complexity index is 790. The molecule has 1 aliphatic heterocycles. The van der Waals surface area contributed by atoms with Crippen LogP contribution in [0, 0.1) is 5.82 Å². The minimum absolute atomic E-state index is 0.300. The molecular formula is C21H23FN2O2. The van der Waals surface area contributed by atoms with Crippen molar-refractivity contribution in [3.63, 3.8) is 0 Å². The van der Waals surface area contributed by atoms with E-state index in [0.717, 1.165) is 18.8 Å². The first-order valence-electron chi connectivity index (χ1n) is 8.83. The van der Waals surface area contributed by atoms with Crippen molar-refractivity contribution in [2.45, 2.75) is 19.9 Å². The standard InChI is InChI=1S/C21H23FN2O2/c1-2-26-21(25)19-11-12-24(14-16-7-4-3-5-8-16)15-20(19)23-18-10-6-9-17(22)13-18/h3-10,13,23H,2,11-12,14-15H2,1H3. The summed E-state index contributed by atoms with van der Waals surface area (Å²) in [7, 11) is 0. The van der Waals surface area contributed by atoms with E-state index in [1.165, 1.54) is 17.7 Å². The lowest BCUT2D eigenvalue weighted by atomic mass is 10.0. The molecule has 0 radical (unpaired) electrons. The molecule has 0 saturated carbocycles. The van der Waals surface area contributed by atoms with Crippen molar-refractivity contribution in [3.8, 4) is 0 Å². The second-order valence-corrected chi connectivity index (χ2v) is 6.26. The number of anilines is 1. The average Bonchev–Trinajstić information content (AvgIpc) is 2.63. The van der Waals surface area contributed by atoms with Crippen LogP contribution in [0.5, 0.6) is 0 Å². The van der Waals surface area contributed by atoms with E-state index in [2.05, 4.69) is 22.3 Å². The minimum Gasteiger partial charge on any atom is -0.463 e. The highest BCUT2D eigenvalue weighted by Crippen LogP contribution is 2.23. The largest absolute Gasteiger partial charge is 0.463 e. The Balaban J connectivity index is 1.80. The lowest BCUT2D eigenvalue weighted by Crippen LogP contribution is -2.35. The number of hydrogen-bond acceptors (Lipinski definition) is 4. The van der Waals surface area contributed by atoms with Crippen LogP contribution in [0.25, 0.3) is 0 Å². The summed E-state index contributed by atoms with van der Waals surface area (Å²) in [6, 6.07) is 16.5. The zero-order valence-electron chi connectivity index (χ0n) is 14.9. The van der Waals surface area contributed by atoms with Gasteiger partial charge in [-0.05, 0) is 37.1 Å². The highest BCUT2D eigenvalue weighted by atomic mass is 19.1. The fourth-order valence-corrected chi connectivity index (χ4v) is 3.09. The Morgan fingerprint density at radius 1 is 1.19 bits per heavy atom. The van der Waals surface area contributed by atoms with Crippen molar-refractivity contribution in [3.05, 3.63) is 77.2 Å². The van der Waals surface area contributed by atoms with E-state index in [1.54, 1.807) is 19.1 Å². The Morgan fingerprint density at radius 2 is 2.00 bits per heavy atom. The summed E-state index contributed by atoms with van der Waals surface area (Å²) in [5.41, 5.74) is 3.26. The molecule has 1 aliphatic rings. The summed E-state index contributed by atoms with van der Waals surface area (Å²) in [6.07, 6.45) is 0.601. The van der Waals surface area contributed by atoms with Crippen molar-refractivity contribution < 1.29 is 13.9 Å². The van der Waals surface area contributed by atoms with Crippen LogP contribution in [-0.4, -0.2) is 30.6 Å². The van der Waals surface area contributed by atoms with Gasteiger partial charge in [-0.2, -0.15) is 0 Å². The average molecular weight is 354 g/mol. The molecule has 0 aliphatic carbocycles. The SMILES string of the molecule is CCOC(=O)C1=C(Nc2cccc(F)c2)CN(Cc2ccccc2)CC1. The number of nitrogens with zero attached hydrogens (tertiary/aromatic N) is 1. The van der Waals surface area contributed by atoms with E-state index in [1.807, 2.05) is 18.2 Å². The van der Waals surface area contributed by atoms with Gasteiger partial charge in [0, 0.05) is 31.0 Å². The van der Waals surface area contributed by atoms with E-state index in [4.69, 9.17) is 4.74 Å². The number of halogens is 1. The number of nitrogens with one attached hydrogen (secondary N) is 1. The molecule has 1 N–H and O–H groups in total. The van der Waals surface area contributed by atoms with E-state index in [0.29, 0.717) is 30.8 Å². The maximum Gasteiger partial charge on any atom is 0.335 e. The highest BCUT2D eigenvalue weighted by molar-refractivity contribution is 5.90. The lowest BCUT2D eigenvalue weighted by molar-refractivity contribution is -0.138. The molecule has 0 fully saturated rings. The normalized spacial score (nSPS) is 15.0. The van der Waals surface area contributed by atoms with Gasteiger partial charge in [-0.25, -0.2) is 9.18 Å². The van der Waals surface area contributed by atoms with Crippen molar-refractivity contribution in [1.82, 2.24) is 4.90 Å². The van der Waals surface area contributed by atoms with Crippen molar-refractivity contribution in [2.75, 3.05) is 25.0 Å². The molecular weight excluding hydrogens is 331 g/mol. The first-order chi connectivity index (χ1) is 12.7. The third-order valence-corrected chi connectivity index (χ3v) is 4.31. The molecule has 3 rings (SSSR count). The quantitative estimate of drug-likeness (QED) is 0.798. The number of rotatable bonds is 6. The molecule has 136 valence electrons. The Hall–Kier alpha value is -2.66. The van der Waals surface area contributed by atoms with Crippen LogP contribution in [0.15, 0.2) is 65.9 Å². The second kappa shape index (κ2) is 8.63. The molecule has 4 nitrogen and oxygen atoms in total. The van der Waals surface area contributed by atoms with Crippen LogP contribution >= 0.6 is 0 Å². The van der Waals surface area contributed by atoms with Gasteiger partial charge in [0.15, 0.2) is 0 Å². The van der Waals surface area contributed by atoms with Gasteiger partial charge < -0.3 is 10.1 Å². The lowest BCUT2D eigenvalue weighted by Gasteiger charge is -2.30. The number of ether oxygens (including phenoxy) is 1. The molecule has 1 heterocycles. The molecule has 2 aromatic rings. The molecule has 2 aromatic carbocycles. The summed E-state index contributed by atoms with van der Waals surface area (Å²) in [6.45, 7) is 4.29. The third-order valence-electron chi connectivity index (χ3n) is 4.31. The van der Waals surface area contributed by atoms with Gasteiger partial charge in [0.05, 0.1) is 12.2 Å². The van der Waals surface area contributed by atoms with Crippen LogP contribution in [0.2, 0.25) is 0 Å². The first-order valence-corrected chi connectivity index (χ1v) is 8.83. The number of carbonyl (C=O) groups is 1. The first kappa shape index (κ1) is 18.1. The maximum atomic E-state index is 13.5. The molecule has 0 unspecified atom stereocenters. The van der Waals surface area contributed by atoms with Gasteiger partial charge in [-0.15, -0.1) is 0 Å². The molecule has 0 aromatic heterocycles. The zero-order valence-corrected chi connectivity index (χ0v) is 14.9. The smallest absolute Gasteiger partial charge is 0.335 e. The fourth-order valence-electron chi connectivity index (χ4n) is 3.09. The van der Waals surface area contributed by atoms with Crippen molar-refractivity contribution in [1.29, 1.82) is 0 Å². The van der Waals surface area contributed by atoms with Gasteiger partial charge in [-0.1, -0.05) is 36.4 Å². The zero-order chi connectivity index (χ0) is 18.4. The van der Waals surface area contributed by atoms with E-state index >= 15 is 0 Å². The summed E-state index contributed by atoms with van der Waals surface area (Å²) in [5.74, 6) is -0.615. The predicted octanol–water partition coefficient (Wildman–Crippen LogP) is 3.96. The number of benzene rings is 2. The van der Waals surface area contributed by atoms with Crippen molar-refractivity contribution >= 4 is 11.7 Å².